The van der Waals surface area contributed by atoms with E-state index >= 15 is 0 Å². The van der Waals surface area contributed by atoms with Gasteiger partial charge in [-0.05, 0) is 43.5 Å². The number of pyridine rings is 1. The van der Waals surface area contributed by atoms with Crippen LogP contribution in [0.15, 0.2) is 24.4 Å². The maximum Gasteiger partial charge on any atom is 0.140 e. The highest BCUT2D eigenvalue weighted by atomic mass is 15.2. The summed E-state index contributed by atoms with van der Waals surface area (Å²) in [5, 5.41) is 4.61. The number of fused-ring (bicyclic) bond motifs is 1. The van der Waals surface area contributed by atoms with Crippen LogP contribution in [-0.2, 0) is 0 Å². The topological polar surface area (TPSA) is 44.0 Å². The monoisotopic (exact) mass is 268 g/mol. The molecular weight excluding hydrogens is 248 g/mol. The Kier molecular flexibility index (Phi) is 2.96. The van der Waals surface area contributed by atoms with E-state index in [1.807, 2.05) is 0 Å². The molecule has 1 saturated heterocycles. The molecule has 20 heavy (non-hydrogen) atoms. The van der Waals surface area contributed by atoms with E-state index in [-0.39, 0.29) is 0 Å². The summed E-state index contributed by atoms with van der Waals surface area (Å²) >= 11 is 0. The largest absolute Gasteiger partial charge is 0.357 e. The van der Waals surface area contributed by atoms with Crippen molar-refractivity contribution in [1.29, 1.82) is 0 Å². The molecule has 0 amide bonds. The second-order valence-corrected chi connectivity index (χ2v) is 5.65. The minimum absolute atomic E-state index is 0.974. The van der Waals surface area contributed by atoms with E-state index in [0.29, 0.717) is 0 Å². The summed E-state index contributed by atoms with van der Waals surface area (Å²) in [6, 6.07) is 4.40. The number of anilines is 1. The smallest absolute Gasteiger partial charge is 0.140 e. The van der Waals surface area contributed by atoms with Crippen LogP contribution in [0.25, 0.3) is 16.6 Å². The number of H-pyrrole nitrogens is 1. The third-order valence-electron chi connectivity index (χ3n) is 4.36. The van der Waals surface area contributed by atoms with Crippen LogP contribution in [0.3, 0.4) is 0 Å². The minimum Gasteiger partial charge on any atom is -0.357 e. The standard InChI is InChI=1S/C16H20N4/c1-2-10-20(9-1)15-4-3-13-14(11-18-16(13)19-15)12-5-7-17-8-6-12/h3-5,11,17H,1-2,6-10H2,(H,18,19). The van der Waals surface area contributed by atoms with E-state index in [0.717, 1.165) is 44.1 Å². The predicted octanol–water partition coefficient (Wildman–Crippen LogP) is 2.54. The van der Waals surface area contributed by atoms with Gasteiger partial charge in [-0.15, -0.1) is 0 Å². The van der Waals surface area contributed by atoms with Crippen LogP contribution in [0, 0.1) is 0 Å². The molecule has 0 bridgehead atoms. The van der Waals surface area contributed by atoms with Crippen molar-refractivity contribution < 1.29 is 0 Å². The molecule has 0 atom stereocenters. The van der Waals surface area contributed by atoms with Gasteiger partial charge in [-0.25, -0.2) is 4.98 Å². The second kappa shape index (κ2) is 4.94. The zero-order valence-corrected chi connectivity index (χ0v) is 11.7. The highest BCUT2D eigenvalue weighted by molar-refractivity contribution is 5.91. The van der Waals surface area contributed by atoms with Gasteiger partial charge < -0.3 is 15.2 Å². The van der Waals surface area contributed by atoms with E-state index < -0.39 is 0 Å². The first kappa shape index (κ1) is 12.0. The molecule has 2 aliphatic heterocycles. The fourth-order valence-electron chi connectivity index (χ4n) is 3.25. The summed E-state index contributed by atoms with van der Waals surface area (Å²) < 4.78 is 0. The van der Waals surface area contributed by atoms with Gasteiger partial charge in [0.05, 0.1) is 0 Å². The lowest BCUT2D eigenvalue weighted by molar-refractivity contribution is 0.739. The van der Waals surface area contributed by atoms with Gasteiger partial charge in [0.2, 0.25) is 0 Å². The molecule has 2 aliphatic rings. The fourth-order valence-corrected chi connectivity index (χ4v) is 3.25. The Morgan fingerprint density at radius 2 is 2.05 bits per heavy atom. The summed E-state index contributed by atoms with van der Waals surface area (Å²) in [7, 11) is 0. The van der Waals surface area contributed by atoms with E-state index in [1.54, 1.807) is 0 Å². The SMILES string of the molecule is C1=C(c2c[nH]c3nc(N4CCCC4)ccc23)CCNC1. The summed E-state index contributed by atoms with van der Waals surface area (Å²) in [5.74, 6) is 1.11. The van der Waals surface area contributed by atoms with Gasteiger partial charge in [0, 0.05) is 36.8 Å². The van der Waals surface area contributed by atoms with Gasteiger partial charge in [0.1, 0.15) is 11.5 Å². The van der Waals surface area contributed by atoms with Crippen LogP contribution in [0.1, 0.15) is 24.8 Å². The Morgan fingerprint density at radius 1 is 1.15 bits per heavy atom. The zero-order chi connectivity index (χ0) is 13.4. The highest BCUT2D eigenvalue weighted by Crippen LogP contribution is 2.29. The van der Waals surface area contributed by atoms with Gasteiger partial charge in [-0.2, -0.15) is 0 Å². The van der Waals surface area contributed by atoms with E-state index in [4.69, 9.17) is 4.98 Å². The number of nitrogens with zero attached hydrogens (tertiary/aromatic N) is 2. The number of hydrogen-bond donors (Lipinski definition) is 2. The molecule has 2 aromatic rings. The number of aromatic nitrogens is 2. The van der Waals surface area contributed by atoms with Crippen molar-refractivity contribution in [3.63, 3.8) is 0 Å². The van der Waals surface area contributed by atoms with Gasteiger partial charge in [0.15, 0.2) is 0 Å². The molecule has 0 unspecified atom stereocenters. The van der Waals surface area contributed by atoms with E-state index in [1.165, 1.54) is 29.4 Å². The van der Waals surface area contributed by atoms with Crippen molar-refractivity contribution in [3.8, 4) is 0 Å². The first-order valence-electron chi connectivity index (χ1n) is 7.55. The van der Waals surface area contributed by atoms with E-state index in [2.05, 4.69) is 39.6 Å². The van der Waals surface area contributed by atoms with Crippen LogP contribution < -0.4 is 10.2 Å². The molecule has 4 heterocycles. The molecular formula is C16H20N4. The van der Waals surface area contributed by atoms with Gasteiger partial charge >= 0.3 is 0 Å². The molecule has 0 aromatic carbocycles. The van der Waals surface area contributed by atoms with Crippen LogP contribution in [-0.4, -0.2) is 36.1 Å². The molecule has 0 spiro atoms. The molecule has 4 nitrogen and oxygen atoms in total. The number of aromatic amines is 1. The van der Waals surface area contributed by atoms with E-state index in [9.17, 15) is 0 Å². The number of rotatable bonds is 2. The molecule has 1 fully saturated rings. The molecule has 2 aromatic heterocycles. The van der Waals surface area contributed by atoms with Gasteiger partial charge in [-0.3, -0.25) is 0 Å². The van der Waals surface area contributed by atoms with Crippen molar-refractivity contribution >= 4 is 22.4 Å². The predicted molar refractivity (Wildman–Crippen MR) is 83.0 cm³/mol. The Bertz CT molecular complexity index is 650. The second-order valence-electron chi connectivity index (χ2n) is 5.65. The van der Waals surface area contributed by atoms with Crippen molar-refractivity contribution in [2.24, 2.45) is 0 Å². The maximum atomic E-state index is 4.80. The first-order valence-corrected chi connectivity index (χ1v) is 7.55. The lowest BCUT2D eigenvalue weighted by Gasteiger charge is -2.16. The molecule has 0 aliphatic carbocycles. The lowest BCUT2D eigenvalue weighted by atomic mass is 10.0. The molecule has 2 N–H and O–H groups in total. The highest BCUT2D eigenvalue weighted by Gasteiger charge is 2.16. The van der Waals surface area contributed by atoms with Crippen LogP contribution >= 0.6 is 0 Å². The number of hydrogen-bond acceptors (Lipinski definition) is 3. The molecule has 0 saturated carbocycles. The van der Waals surface area contributed by atoms with Crippen molar-refractivity contribution in [3.05, 3.63) is 30.0 Å². The van der Waals surface area contributed by atoms with Crippen molar-refractivity contribution in [2.45, 2.75) is 19.3 Å². The average molecular weight is 268 g/mol. The Morgan fingerprint density at radius 3 is 2.85 bits per heavy atom. The lowest BCUT2D eigenvalue weighted by Crippen LogP contribution is -2.20. The molecule has 0 radical (unpaired) electrons. The summed E-state index contributed by atoms with van der Waals surface area (Å²) in [6.45, 7) is 4.32. The summed E-state index contributed by atoms with van der Waals surface area (Å²) in [6.07, 6.45) is 8.08. The van der Waals surface area contributed by atoms with Crippen molar-refractivity contribution in [2.75, 3.05) is 31.1 Å². The summed E-state index contributed by atoms with van der Waals surface area (Å²) in [5.41, 5.74) is 3.77. The van der Waals surface area contributed by atoms with Gasteiger partial charge in [-0.1, -0.05) is 6.08 Å². The quantitative estimate of drug-likeness (QED) is 0.879. The summed E-state index contributed by atoms with van der Waals surface area (Å²) in [4.78, 5) is 10.5. The molecule has 4 rings (SSSR count). The minimum atomic E-state index is 0.974. The van der Waals surface area contributed by atoms with Crippen molar-refractivity contribution in [1.82, 2.24) is 15.3 Å². The van der Waals surface area contributed by atoms with Crippen LogP contribution in [0.2, 0.25) is 0 Å². The fraction of sp³-hybridized carbons (Fsp3) is 0.438. The Labute approximate surface area is 118 Å². The third kappa shape index (κ3) is 2.00. The van der Waals surface area contributed by atoms with Gasteiger partial charge in [0.25, 0.3) is 0 Å². The Balaban J connectivity index is 1.72. The van der Waals surface area contributed by atoms with Crippen LogP contribution in [0.4, 0.5) is 5.82 Å². The molecule has 4 heteroatoms. The Hall–Kier alpha value is -1.81. The first-order chi connectivity index (χ1) is 9.92. The molecule has 104 valence electrons. The maximum absolute atomic E-state index is 4.80. The zero-order valence-electron chi connectivity index (χ0n) is 11.7. The third-order valence-corrected chi connectivity index (χ3v) is 4.36. The number of nitrogens with one attached hydrogen (secondary N) is 2. The van der Waals surface area contributed by atoms with Crippen LogP contribution in [0.5, 0.6) is 0 Å². The average Bonchev–Trinajstić information content (AvgIpc) is 3.17. The normalized spacial score (nSPS) is 19.6.